The second-order valence-corrected chi connectivity index (χ2v) is 15.4. The van der Waals surface area contributed by atoms with E-state index in [9.17, 15) is 19.8 Å². The zero-order valence-electron chi connectivity index (χ0n) is 35.0. The molecule has 0 radical (unpaired) electrons. The first-order valence-corrected chi connectivity index (χ1v) is 22.7. The van der Waals surface area contributed by atoms with Gasteiger partial charge in [-0.25, -0.2) is 0 Å². The third-order valence-electron chi connectivity index (χ3n) is 10.2. The Balaban J connectivity index is 3.54. The third kappa shape index (κ3) is 39.6. The van der Waals surface area contributed by atoms with Gasteiger partial charge in [0.1, 0.15) is 0 Å². The fourth-order valence-electron chi connectivity index (χ4n) is 6.60. The van der Waals surface area contributed by atoms with Gasteiger partial charge in [-0.2, -0.15) is 0 Å². The molecular weight excluding hydrogens is 659 g/mol. The molecule has 310 valence electrons. The van der Waals surface area contributed by atoms with Crippen LogP contribution in [0.2, 0.25) is 0 Å². The standard InChI is InChI=1S/C47H87NO5/c1-3-5-7-9-11-13-15-16-17-18-21-25-29-33-37-41-47(52)53-42-38-34-30-26-22-19-20-24-28-32-36-40-46(51)48-44(43-49)45(50)39-35-31-27-23-14-12-10-8-6-4-2/h11,13,16-17,22,26,44-45,49-50H,3-10,12,14-15,18-21,23-25,27-43H2,1-2H3,(H,48,51)/b13-11-,17-16-,26-22-. The summed E-state index contributed by atoms with van der Waals surface area (Å²) >= 11 is 0. The molecule has 0 bridgehead atoms. The molecule has 0 aromatic heterocycles. The first-order valence-electron chi connectivity index (χ1n) is 22.7. The minimum Gasteiger partial charge on any atom is -0.466 e. The normalized spacial score (nSPS) is 13.1. The highest BCUT2D eigenvalue weighted by Gasteiger charge is 2.20. The number of carbonyl (C=O) groups excluding carboxylic acids is 2. The van der Waals surface area contributed by atoms with E-state index in [1.54, 1.807) is 0 Å². The van der Waals surface area contributed by atoms with Crippen molar-refractivity contribution >= 4 is 11.9 Å². The molecule has 0 aromatic rings. The molecule has 3 N–H and O–H groups in total. The van der Waals surface area contributed by atoms with Crippen molar-refractivity contribution in [1.29, 1.82) is 0 Å². The maximum Gasteiger partial charge on any atom is 0.305 e. The second-order valence-electron chi connectivity index (χ2n) is 15.4. The summed E-state index contributed by atoms with van der Waals surface area (Å²) in [7, 11) is 0. The number of allylic oxidation sites excluding steroid dienone is 6. The number of hydrogen-bond acceptors (Lipinski definition) is 5. The third-order valence-corrected chi connectivity index (χ3v) is 10.2. The highest BCUT2D eigenvalue weighted by Crippen LogP contribution is 2.14. The van der Waals surface area contributed by atoms with Crippen molar-refractivity contribution in [2.75, 3.05) is 13.2 Å². The van der Waals surface area contributed by atoms with Gasteiger partial charge in [0.25, 0.3) is 0 Å². The fraction of sp³-hybridized carbons (Fsp3) is 0.830. The highest BCUT2D eigenvalue weighted by molar-refractivity contribution is 5.76. The summed E-state index contributed by atoms with van der Waals surface area (Å²) in [5.74, 6) is -0.115. The number of esters is 1. The van der Waals surface area contributed by atoms with Gasteiger partial charge in [-0.3, -0.25) is 9.59 Å². The lowest BCUT2D eigenvalue weighted by molar-refractivity contribution is -0.143. The van der Waals surface area contributed by atoms with Crippen LogP contribution < -0.4 is 5.32 Å². The monoisotopic (exact) mass is 746 g/mol. The minimum absolute atomic E-state index is 0.0465. The van der Waals surface area contributed by atoms with Gasteiger partial charge in [0.05, 0.1) is 25.4 Å². The largest absolute Gasteiger partial charge is 0.466 e. The van der Waals surface area contributed by atoms with E-state index in [2.05, 4.69) is 55.6 Å². The summed E-state index contributed by atoms with van der Waals surface area (Å²) in [6.07, 6.45) is 49.6. The average molecular weight is 746 g/mol. The second kappa shape index (κ2) is 42.8. The topological polar surface area (TPSA) is 95.9 Å². The maximum absolute atomic E-state index is 12.4. The van der Waals surface area contributed by atoms with Crippen LogP contribution in [0.1, 0.15) is 226 Å². The van der Waals surface area contributed by atoms with Crippen LogP contribution in [-0.2, 0) is 14.3 Å². The Kier molecular flexibility index (Phi) is 41.3. The lowest BCUT2D eigenvalue weighted by atomic mass is 10.0. The maximum atomic E-state index is 12.4. The number of rotatable bonds is 41. The van der Waals surface area contributed by atoms with Gasteiger partial charge in [-0.1, -0.05) is 166 Å². The molecule has 0 saturated carbocycles. The van der Waals surface area contributed by atoms with E-state index < -0.39 is 12.1 Å². The quantitative estimate of drug-likeness (QED) is 0.0329. The zero-order valence-corrected chi connectivity index (χ0v) is 35.0. The van der Waals surface area contributed by atoms with Gasteiger partial charge in [-0.05, 0) is 83.5 Å². The van der Waals surface area contributed by atoms with Crippen LogP contribution in [0.25, 0.3) is 0 Å². The molecule has 0 aliphatic heterocycles. The summed E-state index contributed by atoms with van der Waals surface area (Å²) < 4.78 is 5.42. The Morgan fingerprint density at radius 2 is 0.943 bits per heavy atom. The van der Waals surface area contributed by atoms with Crippen molar-refractivity contribution in [3.63, 3.8) is 0 Å². The highest BCUT2D eigenvalue weighted by atomic mass is 16.5. The number of aliphatic hydroxyl groups excluding tert-OH is 2. The molecule has 1 amide bonds. The van der Waals surface area contributed by atoms with Gasteiger partial charge in [0, 0.05) is 12.8 Å². The Morgan fingerprint density at radius 3 is 1.49 bits per heavy atom. The number of nitrogens with one attached hydrogen (secondary N) is 1. The SMILES string of the molecule is CCCCC/C=C\C/C=C\CCCCCCCC(=O)OCCCC/C=C\CCCCCCCC(=O)NC(CO)C(O)CCCCCCCCCCCC. The molecule has 2 unspecified atom stereocenters. The lowest BCUT2D eigenvalue weighted by Crippen LogP contribution is -2.45. The van der Waals surface area contributed by atoms with Crippen LogP contribution >= 0.6 is 0 Å². The Morgan fingerprint density at radius 1 is 0.528 bits per heavy atom. The molecule has 0 aliphatic rings. The first-order chi connectivity index (χ1) is 26.0. The molecule has 0 rings (SSSR count). The van der Waals surface area contributed by atoms with E-state index in [1.807, 2.05) is 0 Å². The molecular formula is C47H87NO5. The average Bonchev–Trinajstić information content (AvgIpc) is 3.16. The van der Waals surface area contributed by atoms with Crippen LogP contribution in [0.5, 0.6) is 0 Å². The fourth-order valence-corrected chi connectivity index (χ4v) is 6.60. The predicted octanol–water partition coefficient (Wildman–Crippen LogP) is 12.9. The van der Waals surface area contributed by atoms with Crippen LogP contribution in [0.4, 0.5) is 0 Å². The van der Waals surface area contributed by atoms with Gasteiger partial charge < -0.3 is 20.3 Å². The number of ether oxygens (including phenoxy) is 1. The Labute approximate surface area is 328 Å². The Bertz CT molecular complexity index is 869. The van der Waals surface area contributed by atoms with Crippen LogP contribution in [0.3, 0.4) is 0 Å². The summed E-state index contributed by atoms with van der Waals surface area (Å²) in [6.45, 7) is 4.81. The van der Waals surface area contributed by atoms with Gasteiger partial charge >= 0.3 is 5.97 Å². The predicted molar refractivity (Wildman–Crippen MR) is 227 cm³/mol. The van der Waals surface area contributed by atoms with Crippen molar-refractivity contribution < 1.29 is 24.5 Å². The van der Waals surface area contributed by atoms with E-state index >= 15 is 0 Å². The van der Waals surface area contributed by atoms with E-state index in [0.29, 0.717) is 25.9 Å². The molecule has 6 heteroatoms. The smallest absolute Gasteiger partial charge is 0.305 e. The molecule has 0 aromatic carbocycles. The van der Waals surface area contributed by atoms with Crippen molar-refractivity contribution in [3.05, 3.63) is 36.5 Å². The molecule has 0 saturated heterocycles. The molecule has 6 nitrogen and oxygen atoms in total. The van der Waals surface area contributed by atoms with E-state index in [4.69, 9.17) is 4.74 Å². The number of amides is 1. The summed E-state index contributed by atoms with van der Waals surface area (Å²) in [6, 6.07) is -0.561. The van der Waals surface area contributed by atoms with Gasteiger partial charge in [0.15, 0.2) is 0 Å². The molecule has 0 spiro atoms. The summed E-state index contributed by atoms with van der Waals surface area (Å²) in [5.41, 5.74) is 0. The Hall–Kier alpha value is -1.92. The van der Waals surface area contributed by atoms with Gasteiger partial charge in [-0.15, -0.1) is 0 Å². The summed E-state index contributed by atoms with van der Waals surface area (Å²) in [4.78, 5) is 24.4. The molecule has 53 heavy (non-hydrogen) atoms. The molecule has 0 aliphatic carbocycles. The van der Waals surface area contributed by atoms with Gasteiger partial charge in [0.2, 0.25) is 5.91 Å². The lowest BCUT2D eigenvalue weighted by Gasteiger charge is -2.22. The molecule has 2 atom stereocenters. The van der Waals surface area contributed by atoms with Crippen LogP contribution in [-0.4, -0.2) is 47.4 Å². The minimum atomic E-state index is -0.681. The van der Waals surface area contributed by atoms with Crippen molar-refractivity contribution in [1.82, 2.24) is 5.32 Å². The van der Waals surface area contributed by atoms with Crippen molar-refractivity contribution in [3.8, 4) is 0 Å². The molecule has 0 fully saturated rings. The van der Waals surface area contributed by atoms with E-state index in [1.165, 1.54) is 96.3 Å². The number of hydrogen-bond donors (Lipinski definition) is 3. The van der Waals surface area contributed by atoms with E-state index in [-0.39, 0.29) is 18.5 Å². The van der Waals surface area contributed by atoms with E-state index in [0.717, 1.165) is 96.3 Å². The van der Waals surface area contributed by atoms with Crippen molar-refractivity contribution in [2.24, 2.45) is 0 Å². The number of aliphatic hydroxyl groups is 2. The first kappa shape index (κ1) is 51.1. The van der Waals surface area contributed by atoms with Crippen LogP contribution in [0, 0.1) is 0 Å². The summed E-state index contributed by atoms with van der Waals surface area (Å²) in [5, 5.41) is 23.0. The zero-order chi connectivity index (χ0) is 38.7. The molecule has 0 heterocycles. The number of unbranched alkanes of at least 4 members (excludes halogenated alkanes) is 24. The van der Waals surface area contributed by atoms with Crippen molar-refractivity contribution in [2.45, 2.75) is 238 Å². The number of carbonyl (C=O) groups is 2. The van der Waals surface area contributed by atoms with Crippen LogP contribution in [0.15, 0.2) is 36.5 Å².